The maximum Gasteiger partial charge on any atom is 0.283 e. The van der Waals surface area contributed by atoms with Crippen LogP contribution < -0.4 is 4.74 Å². The third kappa shape index (κ3) is 4.39. The molecule has 0 unspecified atom stereocenters. The van der Waals surface area contributed by atoms with Gasteiger partial charge in [-0.05, 0) is 19.1 Å². The highest BCUT2D eigenvalue weighted by Crippen LogP contribution is 2.29. The summed E-state index contributed by atoms with van der Waals surface area (Å²) in [5.41, 5.74) is 0.0232. The Labute approximate surface area is 155 Å². The van der Waals surface area contributed by atoms with Crippen LogP contribution in [0.1, 0.15) is 14.5 Å². The van der Waals surface area contributed by atoms with Crippen LogP contribution in [0.5, 0.6) is 5.75 Å². The van der Waals surface area contributed by atoms with E-state index in [4.69, 9.17) is 4.74 Å². The smallest absolute Gasteiger partial charge is 0.283 e. The lowest BCUT2D eigenvalue weighted by molar-refractivity contribution is -0.385. The van der Waals surface area contributed by atoms with Crippen molar-refractivity contribution in [1.82, 2.24) is 9.80 Å². The highest BCUT2D eigenvalue weighted by Gasteiger charge is 2.26. The molecule has 0 radical (unpaired) electrons. The van der Waals surface area contributed by atoms with E-state index >= 15 is 0 Å². The number of hydrogen-bond donors (Lipinski definition) is 0. The van der Waals surface area contributed by atoms with E-state index in [1.165, 1.54) is 17.4 Å². The molecule has 0 spiro atoms. The summed E-state index contributed by atoms with van der Waals surface area (Å²) in [7, 11) is 0. The molecule has 1 fully saturated rings. The molecule has 2 aromatic rings. The zero-order valence-electron chi connectivity index (χ0n) is 14.6. The second kappa shape index (κ2) is 8.29. The quantitative estimate of drug-likeness (QED) is 0.573. The molecule has 1 aliphatic heterocycles. The molecule has 1 amide bonds. The van der Waals surface area contributed by atoms with Crippen LogP contribution >= 0.6 is 11.3 Å². The average molecular weight is 375 g/mol. The third-order valence-electron chi connectivity index (χ3n) is 4.38. The fraction of sp³-hybridized carbons (Fsp3) is 0.389. The second-order valence-electron chi connectivity index (χ2n) is 6.10. The molecular weight excluding hydrogens is 354 g/mol. The molecule has 0 aliphatic carbocycles. The summed E-state index contributed by atoms with van der Waals surface area (Å²) in [6.45, 7) is 5.87. The molecule has 3 rings (SSSR count). The number of thiophene rings is 1. The van der Waals surface area contributed by atoms with E-state index in [2.05, 4.69) is 4.90 Å². The van der Waals surface area contributed by atoms with Gasteiger partial charge in [-0.2, -0.15) is 0 Å². The first-order valence-corrected chi connectivity index (χ1v) is 9.30. The number of hydrogen-bond acceptors (Lipinski definition) is 6. The number of nitro groups is 1. The van der Waals surface area contributed by atoms with Gasteiger partial charge in [0.1, 0.15) is 12.4 Å². The molecule has 0 atom stereocenters. The molecular formula is C18H21N3O4S. The number of nitrogens with zero attached hydrogens (tertiary/aromatic N) is 3. The Balaban J connectivity index is 1.46. The van der Waals surface area contributed by atoms with E-state index in [1.54, 1.807) is 11.8 Å². The number of para-hydroxylation sites is 1. The van der Waals surface area contributed by atoms with Crippen molar-refractivity contribution in [3.8, 4) is 5.75 Å². The predicted molar refractivity (Wildman–Crippen MR) is 100.0 cm³/mol. The zero-order valence-corrected chi connectivity index (χ0v) is 15.4. The normalized spacial score (nSPS) is 15.0. The van der Waals surface area contributed by atoms with Crippen molar-refractivity contribution in [2.75, 3.05) is 39.3 Å². The van der Waals surface area contributed by atoms with E-state index in [0.29, 0.717) is 29.5 Å². The monoisotopic (exact) mass is 375 g/mol. The number of ether oxygens (including phenoxy) is 1. The summed E-state index contributed by atoms with van der Waals surface area (Å²) in [5.74, 6) is 0.738. The molecule has 0 saturated carbocycles. The number of piperazine rings is 1. The lowest BCUT2D eigenvalue weighted by Crippen LogP contribution is -2.49. The number of benzene rings is 1. The highest BCUT2D eigenvalue weighted by atomic mass is 32.1. The largest absolute Gasteiger partial charge is 0.492 e. The highest BCUT2D eigenvalue weighted by molar-refractivity contribution is 7.14. The van der Waals surface area contributed by atoms with Gasteiger partial charge in [-0.3, -0.25) is 19.8 Å². The van der Waals surface area contributed by atoms with Gasteiger partial charge in [0.15, 0.2) is 0 Å². The summed E-state index contributed by atoms with van der Waals surface area (Å²) in [5, 5.41) is 10.9. The molecule has 1 aliphatic rings. The van der Waals surface area contributed by atoms with Gasteiger partial charge >= 0.3 is 0 Å². The molecule has 0 N–H and O–H groups in total. The summed E-state index contributed by atoms with van der Waals surface area (Å²) in [4.78, 5) is 28.1. The Hall–Kier alpha value is -2.45. The van der Waals surface area contributed by atoms with Crippen LogP contribution in [0.3, 0.4) is 0 Å². The SMILES string of the molecule is Cc1sc(C(=O)N2CCN(CCOc3ccccc3)CC2)cc1[N+](=O)[O-]. The number of amides is 1. The number of carbonyl (C=O) groups excluding carboxylic acids is 1. The van der Waals surface area contributed by atoms with Crippen molar-refractivity contribution in [2.45, 2.75) is 6.92 Å². The van der Waals surface area contributed by atoms with Crippen molar-refractivity contribution in [2.24, 2.45) is 0 Å². The summed E-state index contributed by atoms with van der Waals surface area (Å²) in [6, 6.07) is 11.1. The Morgan fingerprint density at radius 2 is 1.92 bits per heavy atom. The van der Waals surface area contributed by atoms with Gasteiger partial charge in [-0.25, -0.2) is 0 Å². The minimum Gasteiger partial charge on any atom is -0.492 e. The standard InChI is InChI=1S/C18H21N3O4S/c1-14-16(21(23)24)13-17(26-14)18(22)20-9-7-19(8-10-20)11-12-25-15-5-3-2-4-6-15/h2-6,13H,7-12H2,1H3. The summed E-state index contributed by atoms with van der Waals surface area (Å²) >= 11 is 1.19. The Morgan fingerprint density at radius 3 is 2.54 bits per heavy atom. The first-order chi connectivity index (χ1) is 12.5. The Bertz CT molecular complexity index is 770. The molecule has 7 nitrogen and oxygen atoms in total. The van der Waals surface area contributed by atoms with Crippen LogP contribution in [0.2, 0.25) is 0 Å². The van der Waals surface area contributed by atoms with Crippen molar-refractivity contribution >= 4 is 22.9 Å². The van der Waals surface area contributed by atoms with Gasteiger partial charge < -0.3 is 9.64 Å². The Kier molecular flexibility index (Phi) is 5.85. The third-order valence-corrected chi connectivity index (χ3v) is 5.41. The van der Waals surface area contributed by atoms with Crippen LogP contribution in [0, 0.1) is 17.0 Å². The minimum absolute atomic E-state index is 0.0232. The summed E-state index contributed by atoms with van der Waals surface area (Å²) in [6.07, 6.45) is 0. The van der Waals surface area contributed by atoms with Crippen molar-refractivity contribution in [3.05, 3.63) is 56.3 Å². The van der Waals surface area contributed by atoms with Crippen LogP contribution in [0.15, 0.2) is 36.4 Å². The second-order valence-corrected chi connectivity index (χ2v) is 7.36. The van der Waals surface area contributed by atoms with Gasteiger partial charge in [0.25, 0.3) is 11.6 Å². The maximum absolute atomic E-state index is 12.6. The fourth-order valence-corrected chi connectivity index (χ4v) is 3.85. The van der Waals surface area contributed by atoms with Gasteiger partial charge in [0, 0.05) is 38.8 Å². The van der Waals surface area contributed by atoms with Crippen LogP contribution in [0.25, 0.3) is 0 Å². The number of aryl methyl sites for hydroxylation is 1. The lowest BCUT2D eigenvalue weighted by atomic mass is 10.3. The van der Waals surface area contributed by atoms with E-state index in [0.717, 1.165) is 25.4 Å². The van der Waals surface area contributed by atoms with E-state index in [-0.39, 0.29) is 11.6 Å². The Morgan fingerprint density at radius 1 is 1.23 bits per heavy atom. The maximum atomic E-state index is 12.6. The van der Waals surface area contributed by atoms with Crippen molar-refractivity contribution < 1.29 is 14.5 Å². The van der Waals surface area contributed by atoms with Gasteiger partial charge in [-0.15, -0.1) is 11.3 Å². The number of rotatable bonds is 6. The van der Waals surface area contributed by atoms with E-state index in [9.17, 15) is 14.9 Å². The molecule has 138 valence electrons. The van der Waals surface area contributed by atoms with Gasteiger partial charge in [0.05, 0.1) is 14.7 Å². The van der Waals surface area contributed by atoms with Crippen molar-refractivity contribution in [3.63, 3.8) is 0 Å². The van der Waals surface area contributed by atoms with Crippen LogP contribution in [-0.4, -0.2) is 60.0 Å². The summed E-state index contributed by atoms with van der Waals surface area (Å²) < 4.78 is 5.71. The zero-order chi connectivity index (χ0) is 18.5. The average Bonchev–Trinajstić information content (AvgIpc) is 3.05. The molecule has 1 aromatic carbocycles. The lowest BCUT2D eigenvalue weighted by Gasteiger charge is -2.34. The topological polar surface area (TPSA) is 75.9 Å². The molecule has 1 aromatic heterocycles. The fourth-order valence-electron chi connectivity index (χ4n) is 2.90. The van der Waals surface area contributed by atoms with E-state index < -0.39 is 4.92 Å². The molecule has 8 heteroatoms. The van der Waals surface area contributed by atoms with Gasteiger partial charge in [-0.1, -0.05) is 18.2 Å². The molecule has 26 heavy (non-hydrogen) atoms. The predicted octanol–water partition coefficient (Wildman–Crippen LogP) is 2.80. The van der Waals surface area contributed by atoms with Gasteiger partial charge in [0.2, 0.25) is 0 Å². The van der Waals surface area contributed by atoms with Crippen LogP contribution in [0.4, 0.5) is 5.69 Å². The van der Waals surface area contributed by atoms with Crippen molar-refractivity contribution in [1.29, 1.82) is 0 Å². The molecule has 2 heterocycles. The van der Waals surface area contributed by atoms with Crippen LogP contribution in [-0.2, 0) is 0 Å². The first-order valence-electron chi connectivity index (χ1n) is 8.49. The van der Waals surface area contributed by atoms with E-state index in [1.807, 2.05) is 30.3 Å². The number of carbonyl (C=O) groups is 1. The first kappa shape index (κ1) is 18.3. The minimum atomic E-state index is -0.437. The molecule has 0 bridgehead atoms. The molecule has 1 saturated heterocycles.